The van der Waals surface area contributed by atoms with Gasteiger partial charge in [-0.25, -0.2) is 12.7 Å². The van der Waals surface area contributed by atoms with Gasteiger partial charge in [0.05, 0.1) is 4.90 Å². The average Bonchev–Trinajstić information content (AvgIpc) is 2.55. The Balaban J connectivity index is 2.09. The van der Waals surface area contributed by atoms with Crippen LogP contribution in [0, 0.1) is 0 Å². The van der Waals surface area contributed by atoms with Crippen LogP contribution in [0.1, 0.15) is 5.56 Å². The smallest absolute Gasteiger partial charge is 0.242 e. The standard InChI is InChI=1S/C17H21N3O2S2/c1-19(2)24(21,22)16-11-7-10-15(12-16)18-17(23)20(3)13-14-8-5-4-6-9-14/h4-12H,13H2,1-3H3,(H,18,23). The summed E-state index contributed by atoms with van der Waals surface area (Å²) in [5.41, 5.74) is 1.79. The molecule has 2 aromatic rings. The Hall–Kier alpha value is -1.96. The van der Waals surface area contributed by atoms with Crippen molar-refractivity contribution in [2.45, 2.75) is 11.4 Å². The Kier molecular flexibility index (Phi) is 5.93. The monoisotopic (exact) mass is 363 g/mol. The zero-order valence-electron chi connectivity index (χ0n) is 13.9. The van der Waals surface area contributed by atoms with Crippen LogP contribution in [0.5, 0.6) is 0 Å². The highest BCUT2D eigenvalue weighted by molar-refractivity contribution is 7.89. The molecule has 0 saturated heterocycles. The number of nitrogens with one attached hydrogen (secondary N) is 1. The normalized spacial score (nSPS) is 11.3. The Bertz CT molecular complexity index is 806. The number of nitrogens with zero attached hydrogens (tertiary/aromatic N) is 2. The summed E-state index contributed by atoms with van der Waals surface area (Å²) >= 11 is 5.40. The molecule has 0 radical (unpaired) electrons. The predicted molar refractivity (Wildman–Crippen MR) is 101 cm³/mol. The summed E-state index contributed by atoms with van der Waals surface area (Å²) in [7, 11) is 1.44. The summed E-state index contributed by atoms with van der Waals surface area (Å²) in [4.78, 5) is 2.13. The van der Waals surface area contributed by atoms with Gasteiger partial charge in [0.2, 0.25) is 10.0 Å². The molecule has 0 aliphatic carbocycles. The highest BCUT2D eigenvalue weighted by atomic mass is 32.2. The van der Waals surface area contributed by atoms with Crippen LogP contribution in [0.2, 0.25) is 0 Å². The van der Waals surface area contributed by atoms with Gasteiger partial charge in [-0.15, -0.1) is 0 Å². The molecule has 1 N–H and O–H groups in total. The minimum atomic E-state index is -3.47. The highest BCUT2D eigenvalue weighted by Gasteiger charge is 2.17. The van der Waals surface area contributed by atoms with E-state index in [1.165, 1.54) is 18.4 Å². The lowest BCUT2D eigenvalue weighted by molar-refractivity contribution is 0.508. The molecular weight excluding hydrogens is 342 g/mol. The topological polar surface area (TPSA) is 52.7 Å². The van der Waals surface area contributed by atoms with Gasteiger partial charge in [-0.3, -0.25) is 0 Å². The van der Waals surface area contributed by atoms with Crippen LogP contribution in [0.4, 0.5) is 5.69 Å². The van der Waals surface area contributed by atoms with Crippen molar-refractivity contribution in [2.75, 3.05) is 26.5 Å². The second kappa shape index (κ2) is 7.74. The maximum atomic E-state index is 12.2. The van der Waals surface area contributed by atoms with E-state index >= 15 is 0 Å². The number of anilines is 1. The molecule has 0 atom stereocenters. The largest absolute Gasteiger partial charge is 0.348 e. The molecule has 2 rings (SSSR count). The van der Waals surface area contributed by atoms with Crippen molar-refractivity contribution in [3.63, 3.8) is 0 Å². The first-order valence-corrected chi connectivity index (χ1v) is 9.24. The van der Waals surface area contributed by atoms with Crippen molar-refractivity contribution in [3.05, 3.63) is 60.2 Å². The van der Waals surface area contributed by atoms with Gasteiger partial charge in [0.15, 0.2) is 5.11 Å². The molecule has 0 bridgehead atoms. The Morgan fingerprint density at radius 1 is 1.04 bits per heavy atom. The summed E-state index contributed by atoms with van der Waals surface area (Å²) in [6, 6.07) is 16.6. The molecular formula is C17H21N3O2S2. The molecule has 0 unspecified atom stereocenters. The van der Waals surface area contributed by atoms with Crippen LogP contribution in [0.15, 0.2) is 59.5 Å². The van der Waals surface area contributed by atoms with Crippen LogP contribution >= 0.6 is 12.2 Å². The fourth-order valence-electron chi connectivity index (χ4n) is 2.09. The van der Waals surface area contributed by atoms with Crippen LogP contribution in [-0.4, -0.2) is 43.9 Å². The second-order valence-corrected chi connectivity index (χ2v) is 8.13. The Morgan fingerprint density at radius 2 is 1.71 bits per heavy atom. The van der Waals surface area contributed by atoms with E-state index in [2.05, 4.69) is 5.32 Å². The molecule has 2 aromatic carbocycles. The number of benzene rings is 2. The van der Waals surface area contributed by atoms with Gasteiger partial charge in [-0.05, 0) is 36.0 Å². The van der Waals surface area contributed by atoms with Crippen molar-refractivity contribution in [3.8, 4) is 0 Å². The maximum Gasteiger partial charge on any atom is 0.242 e. The number of thiocarbonyl (C=S) groups is 1. The quantitative estimate of drug-likeness (QED) is 0.828. The van der Waals surface area contributed by atoms with Gasteiger partial charge in [-0.1, -0.05) is 36.4 Å². The molecule has 0 aromatic heterocycles. The van der Waals surface area contributed by atoms with E-state index < -0.39 is 10.0 Å². The molecule has 0 aliphatic heterocycles. The van der Waals surface area contributed by atoms with Crippen molar-refractivity contribution in [1.82, 2.24) is 9.21 Å². The summed E-state index contributed by atoms with van der Waals surface area (Å²) in [5.74, 6) is 0. The molecule has 0 fully saturated rings. The lowest BCUT2D eigenvalue weighted by Gasteiger charge is -2.21. The Morgan fingerprint density at radius 3 is 2.33 bits per heavy atom. The summed E-state index contributed by atoms with van der Waals surface area (Å²) < 4.78 is 25.6. The summed E-state index contributed by atoms with van der Waals surface area (Å²) in [5, 5.41) is 3.61. The lowest BCUT2D eigenvalue weighted by atomic mass is 10.2. The molecule has 0 amide bonds. The molecule has 7 heteroatoms. The fourth-order valence-corrected chi connectivity index (χ4v) is 3.22. The van der Waals surface area contributed by atoms with Crippen LogP contribution in [-0.2, 0) is 16.6 Å². The van der Waals surface area contributed by atoms with E-state index in [0.717, 1.165) is 5.56 Å². The zero-order chi connectivity index (χ0) is 17.7. The van der Waals surface area contributed by atoms with E-state index in [-0.39, 0.29) is 4.90 Å². The van der Waals surface area contributed by atoms with Crippen LogP contribution in [0.3, 0.4) is 0 Å². The minimum Gasteiger partial charge on any atom is -0.348 e. The lowest BCUT2D eigenvalue weighted by Crippen LogP contribution is -2.30. The summed E-state index contributed by atoms with van der Waals surface area (Å²) in [6.07, 6.45) is 0. The van der Waals surface area contributed by atoms with Crippen molar-refractivity contribution in [2.24, 2.45) is 0 Å². The van der Waals surface area contributed by atoms with Crippen molar-refractivity contribution >= 4 is 33.0 Å². The Labute approximate surface area is 149 Å². The number of rotatable bonds is 5. The van der Waals surface area contributed by atoms with Gasteiger partial charge in [0.1, 0.15) is 0 Å². The van der Waals surface area contributed by atoms with Crippen molar-refractivity contribution < 1.29 is 8.42 Å². The van der Waals surface area contributed by atoms with E-state index in [1.807, 2.05) is 42.3 Å². The van der Waals surface area contributed by atoms with Crippen molar-refractivity contribution in [1.29, 1.82) is 0 Å². The van der Waals surface area contributed by atoms with E-state index in [0.29, 0.717) is 17.3 Å². The van der Waals surface area contributed by atoms with E-state index in [9.17, 15) is 8.42 Å². The number of hydrogen-bond donors (Lipinski definition) is 1. The molecule has 0 spiro atoms. The molecule has 5 nitrogen and oxygen atoms in total. The number of sulfonamides is 1. The average molecular weight is 364 g/mol. The molecule has 0 saturated carbocycles. The minimum absolute atomic E-state index is 0.228. The highest BCUT2D eigenvalue weighted by Crippen LogP contribution is 2.18. The first kappa shape index (κ1) is 18.4. The maximum absolute atomic E-state index is 12.2. The van der Waals surface area contributed by atoms with Gasteiger partial charge in [-0.2, -0.15) is 0 Å². The van der Waals surface area contributed by atoms with E-state index in [1.54, 1.807) is 24.3 Å². The van der Waals surface area contributed by atoms with Crippen LogP contribution in [0.25, 0.3) is 0 Å². The third-order valence-electron chi connectivity index (χ3n) is 3.47. The molecule has 24 heavy (non-hydrogen) atoms. The molecule has 128 valence electrons. The third kappa shape index (κ3) is 4.53. The summed E-state index contributed by atoms with van der Waals surface area (Å²) in [6.45, 7) is 0.669. The third-order valence-corrected chi connectivity index (χ3v) is 5.70. The fraction of sp³-hybridized carbons (Fsp3) is 0.235. The predicted octanol–water partition coefficient (Wildman–Crippen LogP) is 2.77. The van der Waals surface area contributed by atoms with Crippen LogP contribution < -0.4 is 5.32 Å². The second-order valence-electron chi connectivity index (χ2n) is 5.59. The first-order chi connectivity index (χ1) is 11.3. The molecule has 0 aliphatic rings. The first-order valence-electron chi connectivity index (χ1n) is 7.39. The van der Waals surface area contributed by atoms with Gasteiger partial charge < -0.3 is 10.2 Å². The zero-order valence-corrected chi connectivity index (χ0v) is 15.6. The van der Waals surface area contributed by atoms with Gasteiger partial charge in [0, 0.05) is 33.4 Å². The number of hydrogen-bond acceptors (Lipinski definition) is 3. The SMILES string of the molecule is CN(Cc1ccccc1)C(=S)Nc1cccc(S(=O)(=O)N(C)C)c1. The van der Waals surface area contributed by atoms with E-state index in [4.69, 9.17) is 12.2 Å². The van der Waals surface area contributed by atoms with Gasteiger partial charge in [0.25, 0.3) is 0 Å². The van der Waals surface area contributed by atoms with Gasteiger partial charge >= 0.3 is 0 Å². The molecule has 0 heterocycles.